The molecule has 2 aliphatic rings. The summed E-state index contributed by atoms with van der Waals surface area (Å²) in [6.07, 6.45) is 2.63. The molecule has 1 fully saturated rings. The van der Waals surface area contributed by atoms with Gasteiger partial charge < -0.3 is 25.4 Å². The number of amides is 1. The van der Waals surface area contributed by atoms with Crippen molar-refractivity contribution in [2.24, 2.45) is 10.7 Å². The van der Waals surface area contributed by atoms with Gasteiger partial charge in [0.25, 0.3) is 0 Å². The molecule has 0 aromatic heterocycles. The molecule has 2 aliphatic heterocycles. The summed E-state index contributed by atoms with van der Waals surface area (Å²) in [6.45, 7) is 6.18. The van der Waals surface area contributed by atoms with Crippen molar-refractivity contribution in [2.45, 2.75) is 51.8 Å². The van der Waals surface area contributed by atoms with Gasteiger partial charge in [-0.05, 0) is 61.1 Å². The first-order valence-corrected chi connectivity index (χ1v) is 11.4. The van der Waals surface area contributed by atoms with E-state index in [9.17, 15) is 4.79 Å². The minimum Gasteiger partial charge on any atom is -0.490 e. The molecule has 7 nitrogen and oxygen atoms in total. The minimum absolute atomic E-state index is 0.221. The van der Waals surface area contributed by atoms with Crippen LogP contribution in [0.4, 0.5) is 4.79 Å². The zero-order valence-electron chi connectivity index (χ0n) is 18.8. The highest BCUT2D eigenvalue weighted by Gasteiger charge is 2.23. The van der Waals surface area contributed by atoms with Gasteiger partial charge in [-0.1, -0.05) is 30.3 Å². The van der Waals surface area contributed by atoms with Crippen LogP contribution in [0.5, 0.6) is 5.75 Å². The van der Waals surface area contributed by atoms with Gasteiger partial charge in [-0.15, -0.1) is 0 Å². The first kappa shape index (κ1) is 22.0. The number of carbonyl (C=O) groups is 1. The smallest absolute Gasteiger partial charge is 0.409 e. The fraction of sp³-hybridized carbons (Fsp3) is 0.440. The molecule has 0 spiro atoms. The molecular formula is C25H32N4O3. The molecule has 7 heteroatoms. The van der Waals surface area contributed by atoms with Crippen LogP contribution in [0.15, 0.2) is 47.5 Å². The third-order valence-electron chi connectivity index (χ3n) is 5.99. The van der Waals surface area contributed by atoms with E-state index in [-0.39, 0.29) is 18.2 Å². The number of hydrogen-bond donors (Lipinski definition) is 2. The molecular weight excluding hydrogens is 404 g/mol. The Morgan fingerprint density at radius 1 is 1.19 bits per heavy atom. The Labute approximate surface area is 189 Å². The quantitative estimate of drug-likeness (QED) is 0.551. The highest BCUT2D eigenvalue weighted by molar-refractivity contribution is 5.78. The van der Waals surface area contributed by atoms with Crippen LogP contribution in [0.3, 0.4) is 0 Å². The minimum atomic E-state index is -0.237. The highest BCUT2D eigenvalue weighted by atomic mass is 16.6. The summed E-state index contributed by atoms with van der Waals surface area (Å²) in [4.78, 5) is 18.0. The maximum atomic E-state index is 11.8. The van der Waals surface area contributed by atoms with Crippen LogP contribution in [0.1, 0.15) is 37.8 Å². The maximum absolute atomic E-state index is 11.8. The summed E-state index contributed by atoms with van der Waals surface area (Å²) in [7, 11) is 0. The molecule has 32 heavy (non-hydrogen) atoms. The van der Waals surface area contributed by atoms with Gasteiger partial charge in [0, 0.05) is 25.6 Å². The molecule has 1 saturated heterocycles. The first-order chi connectivity index (χ1) is 15.5. The van der Waals surface area contributed by atoms with E-state index in [1.807, 2.05) is 6.92 Å². The lowest BCUT2D eigenvalue weighted by molar-refractivity contribution is 0.0963. The number of fused-ring (bicyclic) bond motifs is 1. The Bertz CT molecular complexity index is 966. The zero-order valence-corrected chi connectivity index (χ0v) is 18.8. The molecule has 2 heterocycles. The number of benzene rings is 2. The van der Waals surface area contributed by atoms with Gasteiger partial charge in [-0.2, -0.15) is 0 Å². The first-order valence-electron chi connectivity index (χ1n) is 11.4. The molecule has 0 saturated carbocycles. The second-order valence-electron chi connectivity index (χ2n) is 8.46. The van der Waals surface area contributed by atoms with Gasteiger partial charge in [0.15, 0.2) is 5.96 Å². The van der Waals surface area contributed by atoms with Crippen LogP contribution < -0.4 is 15.8 Å². The predicted octanol–water partition coefficient (Wildman–Crippen LogP) is 3.70. The Morgan fingerprint density at radius 2 is 1.91 bits per heavy atom. The number of carbonyl (C=O) groups excluding carboxylic acids is 1. The maximum Gasteiger partial charge on any atom is 0.409 e. The van der Waals surface area contributed by atoms with E-state index in [4.69, 9.17) is 15.2 Å². The third-order valence-corrected chi connectivity index (χ3v) is 5.99. The molecule has 1 atom stereocenters. The van der Waals surface area contributed by atoms with Crippen molar-refractivity contribution in [3.63, 3.8) is 0 Å². The number of ether oxygens (including phenoxy) is 2. The van der Waals surface area contributed by atoms with E-state index in [1.54, 1.807) is 4.90 Å². The summed E-state index contributed by atoms with van der Waals surface area (Å²) in [5, 5.41) is 3.28. The fourth-order valence-corrected chi connectivity index (χ4v) is 4.26. The molecule has 1 amide bonds. The summed E-state index contributed by atoms with van der Waals surface area (Å²) >= 11 is 0. The number of piperidine rings is 1. The van der Waals surface area contributed by atoms with E-state index in [1.165, 1.54) is 16.7 Å². The number of likely N-dealkylation sites (tertiary alicyclic amines) is 1. The SMILES string of the molecule is CCOC(=O)N1CCC(NC(N)=NCc2ccc(-c3ccc4c(c3)CC(C)O4)cc2)CC1. The lowest BCUT2D eigenvalue weighted by Gasteiger charge is -2.31. The zero-order chi connectivity index (χ0) is 22.5. The van der Waals surface area contributed by atoms with Crippen LogP contribution in [-0.4, -0.2) is 48.8 Å². The van der Waals surface area contributed by atoms with E-state index in [0.717, 1.165) is 30.6 Å². The summed E-state index contributed by atoms with van der Waals surface area (Å²) in [5.41, 5.74) is 10.9. The van der Waals surface area contributed by atoms with Crippen LogP contribution in [0, 0.1) is 0 Å². The van der Waals surface area contributed by atoms with Gasteiger partial charge >= 0.3 is 6.09 Å². The van der Waals surface area contributed by atoms with Crippen LogP contribution in [0.2, 0.25) is 0 Å². The average Bonchev–Trinajstić information content (AvgIpc) is 3.18. The molecule has 4 rings (SSSR count). The summed E-state index contributed by atoms with van der Waals surface area (Å²) in [6, 6.07) is 15.1. The Morgan fingerprint density at radius 3 is 2.62 bits per heavy atom. The number of nitrogens with one attached hydrogen (secondary N) is 1. The Balaban J connectivity index is 1.28. The molecule has 1 unspecified atom stereocenters. The average molecular weight is 437 g/mol. The second kappa shape index (κ2) is 9.94. The number of rotatable bonds is 5. The van der Waals surface area contributed by atoms with Crippen molar-refractivity contribution in [1.29, 1.82) is 0 Å². The van der Waals surface area contributed by atoms with Gasteiger partial charge in [0.2, 0.25) is 0 Å². The van der Waals surface area contributed by atoms with Crippen molar-refractivity contribution < 1.29 is 14.3 Å². The van der Waals surface area contributed by atoms with Crippen LogP contribution in [-0.2, 0) is 17.7 Å². The predicted molar refractivity (Wildman–Crippen MR) is 126 cm³/mol. The van der Waals surface area contributed by atoms with E-state index < -0.39 is 0 Å². The monoisotopic (exact) mass is 436 g/mol. The second-order valence-corrected chi connectivity index (χ2v) is 8.46. The van der Waals surface area contributed by atoms with Gasteiger partial charge in [0.05, 0.1) is 13.2 Å². The van der Waals surface area contributed by atoms with E-state index >= 15 is 0 Å². The highest BCUT2D eigenvalue weighted by Crippen LogP contribution is 2.32. The van der Waals surface area contributed by atoms with Crippen LogP contribution >= 0.6 is 0 Å². The normalized spacial score (nSPS) is 18.8. The molecule has 2 aromatic carbocycles. The third kappa shape index (κ3) is 5.33. The number of nitrogens with two attached hydrogens (primary N) is 1. The summed E-state index contributed by atoms with van der Waals surface area (Å²) in [5.74, 6) is 1.44. The van der Waals surface area contributed by atoms with E-state index in [2.05, 4.69) is 59.7 Å². The molecule has 0 bridgehead atoms. The summed E-state index contributed by atoms with van der Waals surface area (Å²) < 4.78 is 10.9. The fourth-order valence-electron chi connectivity index (χ4n) is 4.26. The van der Waals surface area contributed by atoms with E-state index in [0.29, 0.717) is 32.2 Å². The van der Waals surface area contributed by atoms with Crippen molar-refractivity contribution in [3.8, 4) is 16.9 Å². The molecule has 2 aromatic rings. The number of nitrogens with zero attached hydrogens (tertiary/aromatic N) is 2. The molecule has 0 aliphatic carbocycles. The van der Waals surface area contributed by atoms with Crippen LogP contribution in [0.25, 0.3) is 11.1 Å². The topological polar surface area (TPSA) is 89.2 Å². The molecule has 3 N–H and O–H groups in total. The largest absolute Gasteiger partial charge is 0.490 e. The molecule has 170 valence electrons. The van der Waals surface area contributed by atoms with Crippen molar-refractivity contribution in [3.05, 3.63) is 53.6 Å². The van der Waals surface area contributed by atoms with Gasteiger partial charge in [-0.3, -0.25) is 0 Å². The molecule has 0 radical (unpaired) electrons. The van der Waals surface area contributed by atoms with Crippen molar-refractivity contribution >= 4 is 12.1 Å². The lowest BCUT2D eigenvalue weighted by Crippen LogP contribution is -2.48. The van der Waals surface area contributed by atoms with Crippen molar-refractivity contribution in [1.82, 2.24) is 10.2 Å². The number of guanidine groups is 1. The number of hydrogen-bond acceptors (Lipinski definition) is 4. The van der Waals surface area contributed by atoms with Gasteiger partial charge in [-0.25, -0.2) is 9.79 Å². The number of aliphatic imine (C=N–C) groups is 1. The standard InChI is InChI=1S/C25H32N4O3/c1-3-31-25(30)29-12-10-22(11-13-29)28-24(26)27-16-18-4-6-19(7-5-18)20-8-9-23-21(15-20)14-17(2)32-23/h4-9,15,17,22H,3,10-14,16H2,1-2H3,(H3,26,27,28). The Kier molecular flexibility index (Phi) is 6.83. The lowest BCUT2D eigenvalue weighted by atomic mass is 10.00. The van der Waals surface area contributed by atoms with Gasteiger partial charge in [0.1, 0.15) is 11.9 Å². The Hall–Kier alpha value is -3.22. The van der Waals surface area contributed by atoms with Crippen molar-refractivity contribution in [2.75, 3.05) is 19.7 Å².